The molecule has 0 unspecified atom stereocenters. The summed E-state index contributed by atoms with van der Waals surface area (Å²) in [7, 11) is 2.91. The Morgan fingerprint density at radius 2 is 2.19 bits per heavy atom. The van der Waals surface area contributed by atoms with E-state index < -0.39 is 11.9 Å². The lowest BCUT2D eigenvalue weighted by Crippen LogP contribution is -2.41. The third-order valence-electron chi connectivity index (χ3n) is 3.58. The molecule has 1 fully saturated rings. The van der Waals surface area contributed by atoms with E-state index in [2.05, 4.69) is 10.1 Å². The summed E-state index contributed by atoms with van der Waals surface area (Å²) in [5.74, 6) is -1.39. The van der Waals surface area contributed by atoms with Crippen molar-refractivity contribution in [2.75, 3.05) is 25.6 Å². The van der Waals surface area contributed by atoms with Crippen molar-refractivity contribution in [3.05, 3.63) is 29.0 Å². The van der Waals surface area contributed by atoms with Crippen LogP contribution in [0.2, 0.25) is 5.02 Å². The number of anilines is 1. The Balaban J connectivity index is 2.06. The average Bonchev–Trinajstić information content (AvgIpc) is 2.97. The number of likely N-dealkylation sites (N-methyl/N-ethyl adjacent to an activating group) is 1. The highest BCUT2D eigenvalue weighted by molar-refractivity contribution is 6.31. The van der Waals surface area contributed by atoms with E-state index in [9.17, 15) is 14.0 Å². The van der Waals surface area contributed by atoms with Crippen molar-refractivity contribution in [3.63, 3.8) is 0 Å². The molecular weight excluding hydrogens is 299 g/mol. The Morgan fingerprint density at radius 3 is 2.81 bits per heavy atom. The minimum absolute atomic E-state index is 0.0426. The van der Waals surface area contributed by atoms with Gasteiger partial charge < -0.3 is 15.0 Å². The highest BCUT2D eigenvalue weighted by Crippen LogP contribution is 2.24. The normalized spacial score (nSPS) is 21.1. The molecule has 21 heavy (non-hydrogen) atoms. The van der Waals surface area contributed by atoms with Crippen LogP contribution in [0.5, 0.6) is 0 Å². The minimum atomic E-state index is -0.536. The lowest BCUT2D eigenvalue weighted by atomic mass is 10.1. The lowest BCUT2D eigenvalue weighted by Gasteiger charge is -2.21. The molecule has 0 aliphatic carbocycles. The van der Waals surface area contributed by atoms with Gasteiger partial charge in [0, 0.05) is 19.3 Å². The van der Waals surface area contributed by atoms with Gasteiger partial charge in [0.15, 0.2) is 0 Å². The highest BCUT2D eigenvalue weighted by atomic mass is 35.5. The summed E-state index contributed by atoms with van der Waals surface area (Å²) in [6.45, 7) is 0.404. The van der Waals surface area contributed by atoms with Crippen LogP contribution in [0.15, 0.2) is 18.2 Å². The van der Waals surface area contributed by atoms with Crippen LogP contribution in [0.25, 0.3) is 0 Å². The molecule has 0 bridgehead atoms. The van der Waals surface area contributed by atoms with E-state index in [1.165, 1.54) is 30.2 Å². The maximum atomic E-state index is 13.1. The number of carbonyl (C=O) groups is 2. The van der Waals surface area contributed by atoms with Gasteiger partial charge in [0.1, 0.15) is 5.82 Å². The van der Waals surface area contributed by atoms with Crippen LogP contribution in [0.1, 0.15) is 6.42 Å². The van der Waals surface area contributed by atoms with E-state index in [0.717, 1.165) is 0 Å². The number of ether oxygens (including phenoxy) is 1. The Labute approximate surface area is 127 Å². The molecule has 5 nitrogen and oxygen atoms in total. The Morgan fingerprint density at radius 1 is 1.48 bits per heavy atom. The van der Waals surface area contributed by atoms with Crippen molar-refractivity contribution < 1.29 is 18.7 Å². The quantitative estimate of drug-likeness (QED) is 0.861. The number of methoxy groups -OCH3 is 1. The van der Waals surface area contributed by atoms with Crippen LogP contribution in [0.4, 0.5) is 10.1 Å². The number of carbonyl (C=O) groups excluding carboxylic acids is 2. The van der Waals surface area contributed by atoms with Gasteiger partial charge in [-0.3, -0.25) is 9.59 Å². The zero-order valence-corrected chi connectivity index (χ0v) is 12.5. The fourth-order valence-corrected chi connectivity index (χ4v) is 2.50. The van der Waals surface area contributed by atoms with Crippen LogP contribution in [-0.2, 0) is 14.3 Å². The van der Waals surface area contributed by atoms with E-state index in [1.54, 1.807) is 7.05 Å². The molecule has 1 aromatic rings. The van der Waals surface area contributed by atoms with E-state index >= 15 is 0 Å². The summed E-state index contributed by atoms with van der Waals surface area (Å²) < 4.78 is 17.8. The predicted octanol–water partition coefficient (Wildman–Crippen LogP) is 1.59. The number of halogens is 2. The lowest BCUT2D eigenvalue weighted by molar-refractivity contribution is -0.144. The Bertz CT molecular complexity index is 567. The summed E-state index contributed by atoms with van der Waals surface area (Å²) in [5.41, 5.74) is 0.495. The summed E-state index contributed by atoms with van der Waals surface area (Å²) in [6.07, 6.45) is 0.380. The second-order valence-corrected chi connectivity index (χ2v) is 5.32. The SMILES string of the molecule is COC(=O)[C@@H]1CN[C@H](C(=O)N(C)c2ccc(F)c(Cl)c2)C1. The smallest absolute Gasteiger partial charge is 0.310 e. The summed E-state index contributed by atoms with van der Waals surface area (Å²) in [6, 6.07) is 3.61. The second-order valence-electron chi connectivity index (χ2n) is 4.91. The molecule has 1 aliphatic heterocycles. The van der Waals surface area contributed by atoms with Gasteiger partial charge in [0.25, 0.3) is 0 Å². The van der Waals surface area contributed by atoms with Crippen LogP contribution >= 0.6 is 11.6 Å². The molecule has 1 saturated heterocycles. The summed E-state index contributed by atoms with van der Waals surface area (Å²) >= 11 is 5.72. The molecule has 2 atom stereocenters. The number of rotatable bonds is 3. The van der Waals surface area contributed by atoms with Gasteiger partial charge >= 0.3 is 5.97 Å². The number of hydrogen-bond donors (Lipinski definition) is 1. The zero-order chi connectivity index (χ0) is 15.6. The number of esters is 1. The van der Waals surface area contributed by atoms with Gasteiger partial charge in [-0.05, 0) is 24.6 Å². The molecule has 1 aromatic carbocycles. The van der Waals surface area contributed by atoms with E-state index in [1.807, 2.05) is 0 Å². The second kappa shape index (κ2) is 6.41. The Hall–Kier alpha value is -1.66. The van der Waals surface area contributed by atoms with E-state index in [4.69, 9.17) is 11.6 Å². The number of nitrogens with zero attached hydrogens (tertiary/aromatic N) is 1. The Kier molecular flexibility index (Phi) is 4.80. The van der Waals surface area contributed by atoms with Crippen molar-refractivity contribution in [2.45, 2.75) is 12.5 Å². The van der Waals surface area contributed by atoms with Crippen molar-refractivity contribution >= 4 is 29.2 Å². The first kappa shape index (κ1) is 15.7. The fourth-order valence-electron chi connectivity index (χ4n) is 2.32. The van der Waals surface area contributed by atoms with Gasteiger partial charge in [-0.15, -0.1) is 0 Å². The first-order valence-electron chi connectivity index (χ1n) is 6.48. The van der Waals surface area contributed by atoms with Gasteiger partial charge in [0.2, 0.25) is 5.91 Å². The summed E-state index contributed by atoms with van der Waals surface area (Å²) in [4.78, 5) is 25.2. The first-order chi connectivity index (χ1) is 9.93. The number of nitrogens with one attached hydrogen (secondary N) is 1. The average molecular weight is 315 g/mol. The molecule has 1 aliphatic rings. The zero-order valence-electron chi connectivity index (χ0n) is 11.7. The van der Waals surface area contributed by atoms with Gasteiger partial charge in [0.05, 0.1) is 24.1 Å². The first-order valence-corrected chi connectivity index (χ1v) is 6.85. The molecule has 7 heteroatoms. The third kappa shape index (κ3) is 3.33. The molecule has 1 amide bonds. The van der Waals surface area contributed by atoms with Crippen molar-refractivity contribution in [1.29, 1.82) is 0 Å². The number of benzene rings is 1. The van der Waals surface area contributed by atoms with Crippen molar-refractivity contribution in [1.82, 2.24) is 5.32 Å². The molecule has 1 heterocycles. The molecule has 2 rings (SSSR count). The van der Waals surface area contributed by atoms with Crippen LogP contribution in [-0.4, -0.2) is 38.6 Å². The fraction of sp³-hybridized carbons (Fsp3) is 0.429. The molecule has 114 valence electrons. The molecule has 0 spiro atoms. The number of hydrogen-bond acceptors (Lipinski definition) is 4. The monoisotopic (exact) mass is 314 g/mol. The maximum Gasteiger partial charge on any atom is 0.310 e. The predicted molar refractivity (Wildman–Crippen MR) is 76.7 cm³/mol. The topological polar surface area (TPSA) is 58.6 Å². The van der Waals surface area contributed by atoms with Crippen molar-refractivity contribution in [2.24, 2.45) is 5.92 Å². The van der Waals surface area contributed by atoms with Crippen LogP contribution < -0.4 is 10.2 Å². The third-order valence-corrected chi connectivity index (χ3v) is 3.87. The standard InChI is InChI=1S/C14H16ClFN2O3/c1-18(9-3-4-11(16)10(15)6-9)13(19)12-5-8(7-17-12)14(20)21-2/h3-4,6,8,12,17H,5,7H2,1-2H3/t8-,12-/m0/s1. The van der Waals surface area contributed by atoms with E-state index in [0.29, 0.717) is 18.7 Å². The largest absolute Gasteiger partial charge is 0.469 e. The number of amides is 1. The molecule has 0 aromatic heterocycles. The molecule has 1 N–H and O–H groups in total. The molecule has 0 saturated carbocycles. The maximum absolute atomic E-state index is 13.1. The minimum Gasteiger partial charge on any atom is -0.469 e. The van der Waals surface area contributed by atoms with Gasteiger partial charge in [-0.25, -0.2) is 4.39 Å². The van der Waals surface area contributed by atoms with Crippen LogP contribution in [0, 0.1) is 11.7 Å². The van der Waals surface area contributed by atoms with Crippen molar-refractivity contribution in [3.8, 4) is 0 Å². The van der Waals surface area contributed by atoms with Gasteiger partial charge in [-0.1, -0.05) is 11.6 Å². The molecular formula is C14H16ClFN2O3. The van der Waals surface area contributed by atoms with Crippen LogP contribution in [0.3, 0.4) is 0 Å². The molecule has 0 radical (unpaired) electrons. The van der Waals surface area contributed by atoms with Gasteiger partial charge in [-0.2, -0.15) is 0 Å². The van der Waals surface area contributed by atoms with E-state index in [-0.39, 0.29) is 22.8 Å². The summed E-state index contributed by atoms with van der Waals surface area (Å²) in [5, 5.41) is 2.96. The highest BCUT2D eigenvalue weighted by Gasteiger charge is 2.35.